The molecule has 0 unspecified atom stereocenters. The van der Waals surface area contributed by atoms with Crippen LogP contribution in [0.5, 0.6) is 0 Å². The molecule has 7 heteroatoms. The quantitative estimate of drug-likeness (QED) is 0.851. The van der Waals surface area contributed by atoms with Crippen LogP contribution in [0.2, 0.25) is 4.78 Å². The normalized spacial score (nSPS) is 22.0. The highest BCUT2D eigenvalue weighted by Crippen LogP contribution is 2.39. The van der Waals surface area contributed by atoms with Crippen LogP contribution in [-0.2, 0) is 11.2 Å². The lowest BCUT2D eigenvalue weighted by Gasteiger charge is -2.05. The zero-order valence-corrected chi connectivity index (χ0v) is 13.0. The van der Waals surface area contributed by atoms with E-state index in [1.807, 2.05) is 6.07 Å². The minimum Gasteiger partial charge on any atom is -0.309 e. The van der Waals surface area contributed by atoms with Crippen molar-refractivity contribution in [2.24, 2.45) is 0 Å². The molecule has 2 N–H and O–H groups in total. The highest BCUT2D eigenvalue weighted by atomic mass is 32.1. The molecular formula is C13H15AlN4OS. The average molecular weight is 302 g/mol. The first-order valence-electron chi connectivity index (χ1n) is 6.69. The number of rotatable bonds is 4. The van der Waals surface area contributed by atoms with Gasteiger partial charge in [-0.05, 0) is 12.3 Å². The van der Waals surface area contributed by atoms with Crippen molar-refractivity contribution in [3.05, 3.63) is 28.3 Å². The van der Waals surface area contributed by atoms with Gasteiger partial charge in [-0.1, -0.05) is 12.8 Å². The Labute approximate surface area is 129 Å². The Kier molecular flexibility index (Phi) is 4.20. The minimum atomic E-state index is -0.0531. The van der Waals surface area contributed by atoms with Gasteiger partial charge < -0.3 is 5.32 Å². The molecule has 5 nitrogen and oxygen atoms in total. The number of anilines is 1. The zero-order valence-electron chi connectivity index (χ0n) is 11.0. The minimum absolute atomic E-state index is 0.0531. The molecule has 2 aromatic rings. The van der Waals surface area contributed by atoms with Crippen molar-refractivity contribution < 1.29 is 4.79 Å². The molecule has 1 aliphatic rings. The summed E-state index contributed by atoms with van der Waals surface area (Å²) in [4.78, 5) is 16.8. The number of hydrogen-bond acceptors (Lipinski definition) is 4. The van der Waals surface area contributed by atoms with E-state index in [4.69, 9.17) is 0 Å². The summed E-state index contributed by atoms with van der Waals surface area (Å²) < 4.78 is 0.702. The van der Waals surface area contributed by atoms with Crippen LogP contribution in [0.4, 0.5) is 5.82 Å². The molecule has 1 aliphatic carbocycles. The summed E-state index contributed by atoms with van der Waals surface area (Å²) in [6, 6.07) is 1.96. The molecule has 1 fully saturated rings. The van der Waals surface area contributed by atoms with Gasteiger partial charge in [-0.3, -0.25) is 14.9 Å². The van der Waals surface area contributed by atoms with E-state index < -0.39 is 0 Å². The SMILES string of the molecule is O=C(Cc1cncs1)Nc1cc([C@H]2CC[C@@H]([Al])C2)[nH]n1. The number of carbonyl (C=O) groups excluding carboxylic acids is 1. The van der Waals surface area contributed by atoms with Crippen LogP contribution in [0.15, 0.2) is 17.8 Å². The van der Waals surface area contributed by atoms with Gasteiger partial charge in [0.1, 0.15) is 16.3 Å². The van der Waals surface area contributed by atoms with Crippen molar-refractivity contribution >= 4 is 39.4 Å². The maximum Gasteiger partial charge on any atom is 0.230 e. The van der Waals surface area contributed by atoms with Gasteiger partial charge in [0.05, 0.1) is 11.9 Å². The summed E-state index contributed by atoms with van der Waals surface area (Å²) in [6.07, 6.45) is 5.66. The smallest absolute Gasteiger partial charge is 0.230 e. The summed E-state index contributed by atoms with van der Waals surface area (Å²) in [5.74, 6) is 1.10. The van der Waals surface area contributed by atoms with Gasteiger partial charge in [-0.15, -0.1) is 16.1 Å². The van der Waals surface area contributed by atoms with Crippen molar-refractivity contribution in [1.29, 1.82) is 0 Å². The second-order valence-electron chi connectivity index (χ2n) is 5.17. The van der Waals surface area contributed by atoms with Gasteiger partial charge in [-0.25, -0.2) is 0 Å². The summed E-state index contributed by atoms with van der Waals surface area (Å²) in [7, 11) is 0. The van der Waals surface area contributed by atoms with E-state index in [1.54, 1.807) is 11.7 Å². The summed E-state index contributed by atoms with van der Waals surface area (Å²) in [5, 5.41) is 10.1. The topological polar surface area (TPSA) is 70.7 Å². The lowest BCUT2D eigenvalue weighted by molar-refractivity contribution is -0.115. The van der Waals surface area contributed by atoms with Gasteiger partial charge >= 0.3 is 0 Å². The predicted octanol–water partition coefficient (Wildman–Crippen LogP) is 2.27. The van der Waals surface area contributed by atoms with E-state index >= 15 is 0 Å². The zero-order chi connectivity index (χ0) is 13.9. The molecule has 20 heavy (non-hydrogen) atoms. The molecular weight excluding hydrogens is 287 g/mol. The van der Waals surface area contributed by atoms with E-state index in [-0.39, 0.29) is 5.91 Å². The second kappa shape index (κ2) is 6.08. The number of nitrogens with zero attached hydrogens (tertiary/aromatic N) is 2. The molecule has 1 amide bonds. The maximum absolute atomic E-state index is 11.9. The first-order chi connectivity index (χ1) is 9.70. The maximum atomic E-state index is 11.9. The largest absolute Gasteiger partial charge is 0.309 e. The standard InChI is InChI=1S/C13H15N4OS.Al/c18-13(5-10-7-14-8-19-10)15-12-6-11(16-17-12)9-3-1-2-4-9;/h1,6-9H,2-5H2,(H2,15,16,17,18);/t9-;/m1./s1. The molecule has 0 aromatic carbocycles. The second-order valence-corrected chi connectivity index (χ2v) is 7.08. The highest BCUT2D eigenvalue weighted by molar-refractivity contribution is 7.09. The third kappa shape index (κ3) is 3.29. The van der Waals surface area contributed by atoms with E-state index in [2.05, 4.69) is 36.8 Å². The van der Waals surface area contributed by atoms with Gasteiger partial charge in [0.2, 0.25) is 5.91 Å². The summed E-state index contributed by atoms with van der Waals surface area (Å²) in [5.41, 5.74) is 2.86. The van der Waals surface area contributed by atoms with Crippen LogP contribution in [0.25, 0.3) is 0 Å². The Balaban J connectivity index is 1.58. The number of aromatic amines is 1. The molecule has 2 atom stereocenters. The number of thiazole rings is 1. The van der Waals surface area contributed by atoms with E-state index in [0.29, 0.717) is 22.9 Å². The Morgan fingerprint density at radius 2 is 2.45 bits per heavy atom. The number of H-pyrrole nitrogens is 1. The highest BCUT2D eigenvalue weighted by Gasteiger charge is 2.23. The Morgan fingerprint density at radius 1 is 1.55 bits per heavy atom. The molecule has 0 spiro atoms. The van der Waals surface area contributed by atoms with Gasteiger partial charge in [-0.2, -0.15) is 5.10 Å². The fraction of sp³-hybridized carbons (Fsp3) is 0.462. The molecule has 2 heterocycles. The lowest BCUT2D eigenvalue weighted by Crippen LogP contribution is -2.13. The fourth-order valence-corrected chi connectivity index (χ4v) is 3.70. The van der Waals surface area contributed by atoms with Gasteiger partial charge in [0.25, 0.3) is 0 Å². The molecule has 2 aromatic heterocycles. The first-order valence-corrected chi connectivity index (χ1v) is 8.23. The molecule has 2 radical (unpaired) electrons. The first kappa shape index (κ1) is 13.8. The van der Waals surface area contributed by atoms with Crippen LogP contribution in [-0.4, -0.2) is 37.4 Å². The average Bonchev–Trinajstić information content (AvgIpc) is 3.10. The van der Waals surface area contributed by atoms with Crippen molar-refractivity contribution in [1.82, 2.24) is 15.2 Å². The number of amides is 1. The lowest BCUT2D eigenvalue weighted by atomic mass is 10.0. The molecule has 102 valence electrons. The van der Waals surface area contributed by atoms with Gasteiger partial charge in [0.15, 0.2) is 5.82 Å². The van der Waals surface area contributed by atoms with E-state index in [1.165, 1.54) is 30.6 Å². The Hall–Kier alpha value is -1.16. The van der Waals surface area contributed by atoms with E-state index in [0.717, 1.165) is 10.6 Å². The predicted molar refractivity (Wildman–Crippen MR) is 79.1 cm³/mol. The van der Waals surface area contributed by atoms with Crippen molar-refractivity contribution in [2.45, 2.75) is 36.4 Å². The third-order valence-corrected chi connectivity index (χ3v) is 4.98. The number of carbonyl (C=O) groups is 1. The van der Waals surface area contributed by atoms with Crippen LogP contribution in [0, 0.1) is 0 Å². The molecule has 0 saturated heterocycles. The van der Waals surface area contributed by atoms with Gasteiger partial charge in [0, 0.05) is 22.8 Å². The molecule has 1 saturated carbocycles. The van der Waals surface area contributed by atoms with Crippen LogP contribution >= 0.6 is 11.3 Å². The summed E-state index contributed by atoms with van der Waals surface area (Å²) in [6.45, 7) is 0. The molecule has 3 rings (SSSR count). The Morgan fingerprint density at radius 3 is 3.15 bits per heavy atom. The van der Waals surface area contributed by atoms with Crippen LogP contribution in [0.3, 0.4) is 0 Å². The van der Waals surface area contributed by atoms with Crippen molar-refractivity contribution in [2.75, 3.05) is 5.32 Å². The number of nitrogens with one attached hydrogen (secondary N) is 2. The molecule has 0 bridgehead atoms. The van der Waals surface area contributed by atoms with Crippen molar-refractivity contribution in [3.8, 4) is 0 Å². The number of aromatic nitrogens is 3. The van der Waals surface area contributed by atoms with Crippen molar-refractivity contribution in [3.63, 3.8) is 0 Å². The Bertz CT molecular complexity index is 583. The summed E-state index contributed by atoms with van der Waals surface area (Å²) >= 11 is 4.38. The fourth-order valence-electron chi connectivity index (χ4n) is 2.58. The third-order valence-electron chi connectivity index (χ3n) is 3.60. The van der Waals surface area contributed by atoms with Crippen LogP contribution < -0.4 is 5.32 Å². The molecule has 0 aliphatic heterocycles. The van der Waals surface area contributed by atoms with E-state index in [9.17, 15) is 4.79 Å². The number of hydrogen-bond donors (Lipinski definition) is 2. The van der Waals surface area contributed by atoms with Crippen LogP contribution in [0.1, 0.15) is 35.8 Å². The monoisotopic (exact) mass is 302 g/mol.